The molecule has 1 amide bonds. The second-order valence-corrected chi connectivity index (χ2v) is 3.43. The third kappa shape index (κ3) is 1.02. The fourth-order valence-corrected chi connectivity index (χ4v) is 1.95. The van der Waals surface area contributed by atoms with Crippen LogP contribution in [0.2, 0.25) is 0 Å². The molecule has 0 spiro atoms. The predicted octanol–water partition coefficient (Wildman–Crippen LogP) is 1.97. The zero-order valence-corrected chi connectivity index (χ0v) is 8.14. The Morgan fingerprint density at radius 1 is 1.40 bits per heavy atom. The van der Waals surface area contributed by atoms with Crippen molar-refractivity contribution in [3.05, 3.63) is 35.6 Å². The smallest absolute Gasteiger partial charge is 0.409 e. The van der Waals surface area contributed by atoms with Crippen LogP contribution in [0.4, 0.5) is 10.5 Å². The zero-order chi connectivity index (χ0) is 10.4. The third-order valence-corrected chi connectivity index (χ3v) is 2.60. The molecule has 15 heavy (non-hydrogen) atoms. The lowest BCUT2D eigenvalue weighted by molar-refractivity contribution is 0.127. The lowest BCUT2D eigenvalue weighted by Gasteiger charge is -2.24. The van der Waals surface area contributed by atoms with E-state index < -0.39 is 6.23 Å². The molecular formula is C11H9NO3. The monoisotopic (exact) mass is 203 g/mol. The van der Waals surface area contributed by atoms with E-state index in [1.807, 2.05) is 30.3 Å². The lowest BCUT2D eigenvalue weighted by Crippen LogP contribution is -2.36. The van der Waals surface area contributed by atoms with Crippen molar-refractivity contribution in [3.63, 3.8) is 0 Å². The minimum atomic E-state index is -0.410. The maximum atomic E-state index is 11.6. The van der Waals surface area contributed by atoms with Gasteiger partial charge in [0.1, 0.15) is 0 Å². The Hall–Kier alpha value is -1.81. The van der Waals surface area contributed by atoms with Crippen molar-refractivity contribution in [1.29, 1.82) is 0 Å². The van der Waals surface area contributed by atoms with E-state index >= 15 is 0 Å². The molecule has 1 aromatic carbocycles. The van der Waals surface area contributed by atoms with Crippen LogP contribution in [0, 0.1) is 0 Å². The van der Waals surface area contributed by atoms with Gasteiger partial charge in [0.05, 0.1) is 5.69 Å². The Bertz CT molecular complexity index is 467. The van der Waals surface area contributed by atoms with Gasteiger partial charge in [0.25, 0.3) is 0 Å². The summed E-state index contributed by atoms with van der Waals surface area (Å²) in [4.78, 5) is 13.1. The lowest BCUT2D eigenvalue weighted by atomic mass is 10.1. The molecular weight excluding hydrogens is 194 g/mol. The van der Waals surface area contributed by atoms with Crippen LogP contribution in [-0.4, -0.2) is 19.4 Å². The number of para-hydroxylation sites is 1. The fraction of sp³-hybridized carbons (Fsp3) is 0.182. The van der Waals surface area contributed by atoms with Crippen molar-refractivity contribution >= 4 is 17.9 Å². The first kappa shape index (κ1) is 8.49. The van der Waals surface area contributed by atoms with Gasteiger partial charge in [-0.1, -0.05) is 18.2 Å². The van der Waals surface area contributed by atoms with Gasteiger partial charge in [0, 0.05) is 12.7 Å². The molecule has 1 aromatic rings. The minimum Gasteiger partial charge on any atom is -0.409 e. The Morgan fingerprint density at radius 2 is 2.20 bits per heavy atom. The minimum absolute atomic E-state index is 0.377. The summed E-state index contributed by atoms with van der Waals surface area (Å²) in [6.45, 7) is 0. The molecule has 3 rings (SSSR count). The Balaban J connectivity index is 2.21. The third-order valence-electron chi connectivity index (χ3n) is 2.60. The molecule has 4 nitrogen and oxygen atoms in total. The fourth-order valence-electron chi connectivity index (χ4n) is 1.95. The Kier molecular flexibility index (Phi) is 1.61. The molecule has 0 N–H and O–H groups in total. The summed E-state index contributed by atoms with van der Waals surface area (Å²) >= 11 is 0. The van der Waals surface area contributed by atoms with E-state index in [0.29, 0.717) is 5.76 Å². The zero-order valence-electron chi connectivity index (χ0n) is 8.14. The number of hydrogen-bond donors (Lipinski definition) is 0. The van der Waals surface area contributed by atoms with Gasteiger partial charge < -0.3 is 9.47 Å². The van der Waals surface area contributed by atoms with Gasteiger partial charge in [0.15, 0.2) is 12.0 Å². The van der Waals surface area contributed by atoms with Gasteiger partial charge in [-0.2, -0.15) is 0 Å². The number of fused-ring (bicyclic) bond motifs is 4. The van der Waals surface area contributed by atoms with Crippen LogP contribution in [0.15, 0.2) is 30.0 Å². The van der Waals surface area contributed by atoms with Gasteiger partial charge in [-0.05, 0) is 12.1 Å². The van der Waals surface area contributed by atoms with Crippen molar-refractivity contribution in [2.45, 2.75) is 6.23 Å². The molecule has 0 aromatic heterocycles. The molecule has 1 atom stereocenters. The average Bonchev–Trinajstić information content (AvgIpc) is 2.48. The summed E-state index contributed by atoms with van der Waals surface area (Å²) < 4.78 is 10.3. The first-order chi connectivity index (χ1) is 7.31. The average molecular weight is 203 g/mol. The van der Waals surface area contributed by atoms with Gasteiger partial charge in [-0.15, -0.1) is 0 Å². The quantitative estimate of drug-likeness (QED) is 0.700. The molecule has 1 saturated heterocycles. The molecule has 0 aliphatic carbocycles. The maximum absolute atomic E-state index is 11.6. The first-order valence-corrected chi connectivity index (χ1v) is 4.66. The number of carbonyl (C=O) groups excluding carboxylic acids is 1. The van der Waals surface area contributed by atoms with E-state index in [2.05, 4.69) is 0 Å². The molecule has 1 fully saturated rings. The molecule has 2 aliphatic heterocycles. The van der Waals surface area contributed by atoms with Crippen molar-refractivity contribution in [2.75, 3.05) is 12.0 Å². The molecule has 0 radical (unpaired) electrons. The largest absolute Gasteiger partial charge is 0.422 e. The highest BCUT2D eigenvalue weighted by atomic mass is 16.6. The standard InChI is InChI=1S/C11H9NO3/c1-14-10-9-6-7-4-2-3-5-8(7)12(10)11(13)15-9/h2-6,10H,1H3. The Morgan fingerprint density at radius 3 is 3.00 bits per heavy atom. The number of anilines is 1. The van der Waals surface area contributed by atoms with E-state index in [-0.39, 0.29) is 6.09 Å². The van der Waals surface area contributed by atoms with Crippen molar-refractivity contribution in [2.24, 2.45) is 0 Å². The molecule has 4 heteroatoms. The second kappa shape index (κ2) is 2.84. The van der Waals surface area contributed by atoms with Crippen LogP contribution in [0.25, 0.3) is 6.08 Å². The number of rotatable bonds is 1. The number of carbonyl (C=O) groups is 1. The van der Waals surface area contributed by atoms with Crippen LogP contribution < -0.4 is 4.90 Å². The molecule has 2 aliphatic rings. The van der Waals surface area contributed by atoms with Crippen molar-refractivity contribution in [1.82, 2.24) is 0 Å². The van der Waals surface area contributed by atoms with Gasteiger partial charge in [-0.25, -0.2) is 9.69 Å². The normalized spacial score (nSPS) is 22.2. The molecule has 2 heterocycles. The van der Waals surface area contributed by atoms with Gasteiger partial charge in [0.2, 0.25) is 0 Å². The summed E-state index contributed by atoms with van der Waals surface area (Å²) in [5.41, 5.74) is 1.81. The van der Waals surface area contributed by atoms with Crippen LogP contribution in [0.1, 0.15) is 5.56 Å². The number of methoxy groups -OCH3 is 1. The molecule has 1 unspecified atom stereocenters. The summed E-state index contributed by atoms with van der Waals surface area (Å²) in [7, 11) is 1.56. The summed E-state index contributed by atoms with van der Waals surface area (Å²) in [5, 5.41) is 0. The number of amides is 1. The summed E-state index contributed by atoms with van der Waals surface area (Å²) in [5.74, 6) is 0.557. The Labute approximate surface area is 86.7 Å². The molecule has 2 bridgehead atoms. The van der Waals surface area contributed by atoms with Crippen LogP contribution >= 0.6 is 0 Å². The van der Waals surface area contributed by atoms with E-state index in [1.165, 1.54) is 4.90 Å². The maximum Gasteiger partial charge on any atom is 0.422 e. The van der Waals surface area contributed by atoms with E-state index in [0.717, 1.165) is 11.3 Å². The SMILES string of the molecule is COC1C2=Cc3ccccc3N1C(=O)O2. The highest BCUT2D eigenvalue weighted by molar-refractivity contribution is 5.98. The summed E-state index contributed by atoms with van der Waals surface area (Å²) in [6, 6.07) is 7.63. The highest BCUT2D eigenvalue weighted by Crippen LogP contribution is 2.38. The topological polar surface area (TPSA) is 38.8 Å². The number of benzene rings is 1. The number of nitrogens with zero attached hydrogens (tertiary/aromatic N) is 1. The van der Waals surface area contributed by atoms with Gasteiger partial charge in [-0.3, -0.25) is 0 Å². The number of hydrogen-bond acceptors (Lipinski definition) is 3. The van der Waals surface area contributed by atoms with E-state index in [4.69, 9.17) is 9.47 Å². The van der Waals surface area contributed by atoms with E-state index in [9.17, 15) is 4.79 Å². The summed E-state index contributed by atoms with van der Waals surface area (Å²) in [6.07, 6.45) is 1.05. The van der Waals surface area contributed by atoms with Gasteiger partial charge >= 0.3 is 6.09 Å². The van der Waals surface area contributed by atoms with Crippen molar-refractivity contribution in [3.8, 4) is 0 Å². The van der Waals surface area contributed by atoms with Crippen LogP contribution in [0.5, 0.6) is 0 Å². The first-order valence-electron chi connectivity index (χ1n) is 4.66. The van der Waals surface area contributed by atoms with Crippen LogP contribution in [-0.2, 0) is 9.47 Å². The van der Waals surface area contributed by atoms with Crippen LogP contribution in [0.3, 0.4) is 0 Å². The number of ether oxygens (including phenoxy) is 2. The molecule has 0 saturated carbocycles. The molecule has 76 valence electrons. The van der Waals surface area contributed by atoms with Crippen molar-refractivity contribution < 1.29 is 14.3 Å². The second-order valence-electron chi connectivity index (χ2n) is 3.43. The van der Waals surface area contributed by atoms with E-state index in [1.54, 1.807) is 7.11 Å². The predicted molar refractivity (Wildman–Crippen MR) is 54.2 cm³/mol. The highest BCUT2D eigenvalue weighted by Gasteiger charge is 2.42.